The Morgan fingerprint density at radius 1 is 1.21 bits per heavy atom. The normalized spacial score (nSPS) is 13.5. The maximum Gasteiger partial charge on any atom is 0.408 e. The highest BCUT2D eigenvalue weighted by Gasteiger charge is 2.37. The van der Waals surface area contributed by atoms with Crippen LogP contribution in [0.15, 0.2) is 36.9 Å². The number of halogens is 6. The molecule has 174 valence electrons. The molecule has 4 aromatic rings. The third-order valence-corrected chi connectivity index (χ3v) is 5.03. The number of amides is 1. The van der Waals surface area contributed by atoms with E-state index >= 15 is 0 Å². The number of hydrogen-bond acceptors (Lipinski definition) is 4. The Kier molecular flexibility index (Phi) is 5.50. The van der Waals surface area contributed by atoms with Gasteiger partial charge in [0.25, 0.3) is 5.91 Å². The molecule has 0 aromatic carbocycles. The van der Waals surface area contributed by atoms with Crippen LogP contribution in [-0.2, 0) is 6.42 Å². The largest absolute Gasteiger partial charge is 0.408 e. The van der Waals surface area contributed by atoms with Crippen molar-refractivity contribution < 1.29 is 31.1 Å². The van der Waals surface area contributed by atoms with Gasteiger partial charge < -0.3 is 10.3 Å². The van der Waals surface area contributed by atoms with Crippen molar-refractivity contribution in [3.05, 3.63) is 48.3 Å². The molecule has 0 aliphatic carbocycles. The highest BCUT2D eigenvalue weighted by atomic mass is 19.4. The van der Waals surface area contributed by atoms with Crippen molar-refractivity contribution in [2.45, 2.75) is 38.2 Å². The Labute approximate surface area is 181 Å². The zero-order chi connectivity index (χ0) is 24.0. The summed E-state index contributed by atoms with van der Waals surface area (Å²) in [4.78, 5) is 23.4. The summed E-state index contributed by atoms with van der Waals surface area (Å²) in [6.07, 6.45) is -4.62. The van der Waals surface area contributed by atoms with Gasteiger partial charge in [-0.1, -0.05) is 0 Å². The molecule has 7 nitrogen and oxygen atoms in total. The lowest BCUT2D eigenvalue weighted by atomic mass is 10.1. The Morgan fingerprint density at radius 2 is 1.97 bits per heavy atom. The monoisotopic (exact) mass is 470 g/mol. The summed E-state index contributed by atoms with van der Waals surface area (Å²) in [5.74, 6) is -0.888. The van der Waals surface area contributed by atoms with Crippen molar-refractivity contribution in [2.75, 3.05) is 0 Å². The van der Waals surface area contributed by atoms with Crippen LogP contribution in [-0.4, -0.2) is 48.9 Å². The minimum atomic E-state index is -4.59. The molecule has 0 aliphatic rings. The third kappa shape index (κ3) is 4.76. The lowest BCUT2D eigenvalue weighted by Gasteiger charge is -2.16. The van der Waals surface area contributed by atoms with Crippen LogP contribution in [0.4, 0.5) is 26.3 Å². The van der Waals surface area contributed by atoms with Crippen LogP contribution in [0.25, 0.3) is 27.7 Å². The molecular formula is C20H16F6N6O. The van der Waals surface area contributed by atoms with Crippen LogP contribution >= 0.6 is 0 Å². The molecule has 13 heteroatoms. The molecule has 0 spiro atoms. The van der Waals surface area contributed by atoms with Gasteiger partial charge in [-0.3, -0.25) is 4.79 Å². The average Bonchev–Trinajstić information content (AvgIpc) is 3.34. The molecule has 1 unspecified atom stereocenters. The van der Waals surface area contributed by atoms with E-state index in [4.69, 9.17) is 0 Å². The second-order valence-corrected chi connectivity index (χ2v) is 7.41. The number of aromatic amines is 1. The molecule has 4 aromatic heterocycles. The number of rotatable bonds is 5. The number of hydrogen-bond donors (Lipinski definition) is 2. The molecule has 0 saturated heterocycles. The first-order valence-electron chi connectivity index (χ1n) is 9.67. The predicted molar refractivity (Wildman–Crippen MR) is 105 cm³/mol. The van der Waals surface area contributed by atoms with Crippen molar-refractivity contribution in [1.82, 2.24) is 29.9 Å². The molecule has 2 N–H and O–H groups in total. The number of alkyl halides is 6. The van der Waals surface area contributed by atoms with Gasteiger partial charge >= 0.3 is 12.4 Å². The van der Waals surface area contributed by atoms with Gasteiger partial charge in [0.05, 0.1) is 23.7 Å². The third-order valence-electron chi connectivity index (χ3n) is 5.03. The summed E-state index contributed by atoms with van der Waals surface area (Å²) in [6.45, 7) is 0.837. The van der Waals surface area contributed by atoms with E-state index in [9.17, 15) is 31.1 Å². The summed E-state index contributed by atoms with van der Waals surface area (Å²) < 4.78 is 77.1. The smallest absolute Gasteiger partial charge is 0.345 e. The number of aromatic nitrogens is 5. The van der Waals surface area contributed by atoms with Crippen molar-refractivity contribution in [1.29, 1.82) is 0 Å². The highest BCUT2D eigenvalue weighted by molar-refractivity contribution is 6.02. The number of fused-ring (bicyclic) bond motifs is 2. The number of pyridine rings is 1. The van der Waals surface area contributed by atoms with Crippen molar-refractivity contribution in [3.8, 4) is 11.1 Å². The van der Waals surface area contributed by atoms with E-state index in [0.29, 0.717) is 22.2 Å². The quantitative estimate of drug-likeness (QED) is 0.422. The molecule has 4 heterocycles. The maximum absolute atomic E-state index is 12.8. The van der Waals surface area contributed by atoms with Crippen LogP contribution < -0.4 is 5.32 Å². The van der Waals surface area contributed by atoms with Crippen LogP contribution in [0.1, 0.15) is 29.5 Å². The average molecular weight is 470 g/mol. The van der Waals surface area contributed by atoms with Crippen LogP contribution in [0.5, 0.6) is 0 Å². The fourth-order valence-electron chi connectivity index (χ4n) is 3.24. The summed E-state index contributed by atoms with van der Waals surface area (Å²) in [7, 11) is 0. The summed E-state index contributed by atoms with van der Waals surface area (Å²) in [5, 5.41) is 6.43. The molecule has 1 atom stereocenters. The van der Waals surface area contributed by atoms with E-state index in [2.05, 4.69) is 20.1 Å². The fourth-order valence-corrected chi connectivity index (χ4v) is 3.24. The van der Waals surface area contributed by atoms with Gasteiger partial charge in [0.2, 0.25) is 0 Å². The Bertz CT molecular complexity index is 1320. The standard InChI is InChI=1S/C20H16F6N6O/c1-10(20(24,25)26)30-18(33)14-9-29-32-5-3-11(6-15(14)32)12-7-28-17-13(12)8-27-16(31-17)2-4-19(21,22)23/h3,5-10H,2,4H2,1H3,(H,30,33)(H,27,28,31). The SMILES string of the molecule is CC(NC(=O)c1cnn2ccc(-c3c[nH]c4nc(CCC(F)(F)F)ncc34)cc12)C(F)(F)F. The van der Waals surface area contributed by atoms with Gasteiger partial charge in [-0.05, 0) is 24.6 Å². The maximum atomic E-state index is 12.8. The first-order chi connectivity index (χ1) is 15.4. The Morgan fingerprint density at radius 3 is 2.67 bits per heavy atom. The molecular weight excluding hydrogens is 454 g/mol. The molecule has 0 fully saturated rings. The molecule has 0 aliphatic heterocycles. The van der Waals surface area contributed by atoms with Crippen LogP contribution in [0.2, 0.25) is 0 Å². The number of H-pyrrole nitrogens is 1. The molecule has 4 rings (SSSR count). The van der Waals surface area contributed by atoms with Crippen molar-refractivity contribution in [3.63, 3.8) is 0 Å². The number of carbonyl (C=O) groups excluding carboxylic acids is 1. The van der Waals surface area contributed by atoms with E-state index in [0.717, 1.165) is 6.92 Å². The van der Waals surface area contributed by atoms with E-state index in [1.54, 1.807) is 18.3 Å². The first kappa shape index (κ1) is 22.6. The van der Waals surface area contributed by atoms with E-state index < -0.39 is 30.7 Å². The topological polar surface area (TPSA) is 88.0 Å². The zero-order valence-corrected chi connectivity index (χ0v) is 16.9. The van der Waals surface area contributed by atoms with Crippen molar-refractivity contribution >= 4 is 22.5 Å². The number of nitrogens with zero attached hydrogens (tertiary/aromatic N) is 4. The number of carbonyl (C=O) groups is 1. The van der Waals surface area contributed by atoms with Gasteiger partial charge in [0.15, 0.2) is 0 Å². The molecule has 0 saturated carbocycles. The van der Waals surface area contributed by atoms with E-state index in [1.165, 1.54) is 23.1 Å². The van der Waals surface area contributed by atoms with Gasteiger partial charge in [-0.2, -0.15) is 31.4 Å². The Hall–Kier alpha value is -3.64. The summed E-state index contributed by atoms with van der Waals surface area (Å²) in [6, 6.07) is 1.20. The first-order valence-corrected chi connectivity index (χ1v) is 9.67. The fraction of sp³-hybridized carbons (Fsp3) is 0.300. The van der Waals surface area contributed by atoms with E-state index in [-0.39, 0.29) is 23.3 Å². The highest BCUT2D eigenvalue weighted by Crippen LogP contribution is 2.30. The summed E-state index contributed by atoms with van der Waals surface area (Å²) >= 11 is 0. The van der Waals surface area contributed by atoms with Gasteiger partial charge in [-0.25, -0.2) is 14.5 Å². The van der Waals surface area contributed by atoms with Crippen LogP contribution in [0, 0.1) is 0 Å². The van der Waals surface area contributed by atoms with Crippen molar-refractivity contribution in [2.24, 2.45) is 0 Å². The van der Waals surface area contributed by atoms with Gasteiger partial charge in [0.1, 0.15) is 17.5 Å². The lowest BCUT2D eigenvalue weighted by molar-refractivity contribution is -0.149. The summed E-state index contributed by atoms with van der Waals surface area (Å²) in [5.41, 5.74) is 1.75. The second kappa shape index (κ2) is 8.05. The molecule has 0 radical (unpaired) electrons. The second-order valence-electron chi connectivity index (χ2n) is 7.41. The minimum Gasteiger partial charge on any atom is -0.345 e. The minimum absolute atomic E-state index is 0.0391. The number of nitrogens with one attached hydrogen (secondary N) is 2. The lowest BCUT2D eigenvalue weighted by Crippen LogP contribution is -2.43. The predicted octanol–water partition coefficient (Wildman–Crippen LogP) is 4.45. The van der Waals surface area contributed by atoms with Gasteiger partial charge in [0, 0.05) is 36.0 Å². The molecule has 0 bridgehead atoms. The number of aryl methyl sites for hydroxylation is 1. The zero-order valence-electron chi connectivity index (χ0n) is 16.9. The molecule has 1 amide bonds. The Balaban J connectivity index is 1.65. The van der Waals surface area contributed by atoms with E-state index in [1.807, 2.05) is 5.32 Å². The molecule has 33 heavy (non-hydrogen) atoms. The van der Waals surface area contributed by atoms with Gasteiger partial charge in [-0.15, -0.1) is 0 Å². The van der Waals surface area contributed by atoms with Crippen LogP contribution in [0.3, 0.4) is 0 Å².